The molecule has 0 aromatic heterocycles. The Bertz CT molecular complexity index is 818. The zero-order valence-corrected chi connectivity index (χ0v) is 21.7. The molecular weight excluding hydrogens is 376 g/mol. The van der Waals surface area contributed by atoms with Gasteiger partial charge in [0.05, 0.1) is 0 Å². The van der Waals surface area contributed by atoms with Crippen molar-refractivity contribution in [2.45, 2.75) is 113 Å². The van der Waals surface area contributed by atoms with E-state index in [9.17, 15) is 4.79 Å². The summed E-state index contributed by atoms with van der Waals surface area (Å²) in [6, 6.07) is 0. The van der Waals surface area contributed by atoms with Crippen molar-refractivity contribution in [3.05, 3.63) is 11.6 Å². The Morgan fingerprint density at radius 3 is 2.26 bits per heavy atom. The van der Waals surface area contributed by atoms with Crippen LogP contribution in [0, 0.1) is 56.7 Å². The van der Waals surface area contributed by atoms with Crippen molar-refractivity contribution in [1.29, 1.82) is 0 Å². The number of carbonyl (C=O) groups excluding carboxylic acids is 1. The van der Waals surface area contributed by atoms with E-state index in [1.165, 1.54) is 51.4 Å². The predicted octanol–water partition coefficient (Wildman–Crippen LogP) is 8.23. The van der Waals surface area contributed by atoms with Crippen LogP contribution in [0.25, 0.3) is 0 Å². The average molecular weight is 425 g/mol. The molecule has 174 valence electrons. The van der Waals surface area contributed by atoms with E-state index >= 15 is 0 Å². The minimum atomic E-state index is 0.139. The van der Waals surface area contributed by atoms with Crippen molar-refractivity contribution in [2.24, 2.45) is 56.7 Å². The lowest BCUT2D eigenvalue weighted by Crippen LogP contribution is -2.63. The highest BCUT2D eigenvalue weighted by Crippen LogP contribution is 2.75. The van der Waals surface area contributed by atoms with Crippen molar-refractivity contribution >= 4 is 5.78 Å². The molecule has 0 radical (unpaired) electrons. The third kappa shape index (κ3) is 2.59. The van der Waals surface area contributed by atoms with Gasteiger partial charge in [-0.1, -0.05) is 73.5 Å². The number of hydrogen-bond acceptors (Lipinski definition) is 1. The minimum Gasteiger partial charge on any atom is -0.299 e. The summed E-state index contributed by atoms with van der Waals surface area (Å²) < 4.78 is 0. The lowest BCUT2D eigenvalue weighted by atomic mass is 9.35. The van der Waals surface area contributed by atoms with Crippen molar-refractivity contribution in [3.63, 3.8) is 0 Å². The Balaban J connectivity index is 1.60. The Labute approximate surface area is 192 Å². The largest absolute Gasteiger partial charge is 0.299 e. The van der Waals surface area contributed by atoms with Crippen LogP contribution >= 0.6 is 0 Å². The summed E-state index contributed by atoms with van der Waals surface area (Å²) in [5, 5.41) is 0. The highest BCUT2D eigenvalue weighted by molar-refractivity contribution is 5.87. The van der Waals surface area contributed by atoms with E-state index in [1.54, 1.807) is 5.57 Å². The summed E-state index contributed by atoms with van der Waals surface area (Å²) in [6.07, 6.45) is 13.9. The second-order valence-electron chi connectivity index (χ2n) is 14.6. The average Bonchev–Trinajstić information content (AvgIpc) is 3.03. The molecule has 4 saturated carbocycles. The fourth-order valence-electron chi connectivity index (χ4n) is 11.0. The fourth-order valence-corrected chi connectivity index (χ4v) is 11.0. The van der Waals surface area contributed by atoms with Gasteiger partial charge in [0.1, 0.15) is 5.78 Å². The van der Waals surface area contributed by atoms with Crippen molar-refractivity contribution in [2.75, 3.05) is 0 Å². The van der Waals surface area contributed by atoms with Gasteiger partial charge in [-0.3, -0.25) is 4.79 Å². The predicted molar refractivity (Wildman–Crippen MR) is 130 cm³/mol. The van der Waals surface area contributed by atoms with Gasteiger partial charge in [0, 0.05) is 12.3 Å². The molecule has 1 heteroatoms. The van der Waals surface area contributed by atoms with E-state index in [2.05, 4.69) is 61.5 Å². The maximum Gasteiger partial charge on any atom is 0.140 e. The number of fused-ring (bicyclic) bond motifs is 7. The number of allylic oxidation sites excluding steroid dienone is 2. The third-order valence-electron chi connectivity index (χ3n) is 12.8. The van der Waals surface area contributed by atoms with Gasteiger partial charge in [0.25, 0.3) is 0 Å². The summed E-state index contributed by atoms with van der Waals surface area (Å²) in [4.78, 5) is 14.0. The van der Waals surface area contributed by atoms with Gasteiger partial charge >= 0.3 is 0 Å². The highest BCUT2D eigenvalue weighted by Gasteiger charge is 2.69. The van der Waals surface area contributed by atoms with Gasteiger partial charge in [-0.2, -0.15) is 0 Å². The number of ketones is 1. The molecule has 4 fully saturated rings. The molecule has 0 N–H and O–H groups in total. The van der Waals surface area contributed by atoms with Crippen LogP contribution in [0.1, 0.15) is 113 Å². The highest BCUT2D eigenvalue weighted by atomic mass is 16.1. The molecule has 8 unspecified atom stereocenters. The summed E-state index contributed by atoms with van der Waals surface area (Å²) in [7, 11) is 0. The number of hydrogen-bond donors (Lipinski definition) is 0. The molecule has 1 nitrogen and oxygen atoms in total. The first kappa shape index (κ1) is 22.2. The first-order valence-electron chi connectivity index (χ1n) is 13.5. The number of carbonyl (C=O) groups is 1. The lowest BCUT2D eigenvalue weighted by molar-refractivity contribution is -0.169. The second-order valence-corrected chi connectivity index (χ2v) is 14.6. The Morgan fingerprint density at radius 1 is 0.871 bits per heavy atom. The zero-order chi connectivity index (χ0) is 22.6. The van der Waals surface area contributed by atoms with Gasteiger partial charge in [-0.15, -0.1) is 0 Å². The molecule has 0 aromatic carbocycles. The molecule has 0 aromatic rings. The number of rotatable bonds is 1. The van der Waals surface area contributed by atoms with Crippen LogP contribution in [0.15, 0.2) is 11.6 Å². The van der Waals surface area contributed by atoms with Gasteiger partial charge in [-0.05, 0) is 95.7 Å². The molecule has 0 aliphatic heterocycles. The molecule has 8 atom stereocenters. The minimum absolute atomic E-state index is 0.139. The summed E-state index contributed by atoms with van der Waals surface area (Å²) in [5.74, 6) is 3.71. The molecule has 0 heterocycles. The Morgan fingerprint density at radius 2 is 1.58 bits per heavy atom. The molecule has 31 heavy (non-hydrogen) atoms. The van der Waals surface area contributed by atoms with Crippen LogP contribution in [-0.4, -0.2) is 5.78 Å². The van der Waals surface area contributed by atoms with Crippen LogP contribution in [0.3, 0.4) is 0 Å². The van der Waals surface area contributed by atoms with Gasteiger partial charge in [0.15, 0.2) is 0 Å². The number of Topliss-reactive ketones (excluding diaryl/α,β-unsaturated/α-hetero) is 1. The molecular formula is C30H48O. The maximum atomic E-state index is 14.0. The molecule has 5 aliphatic carbocycles. The van der Waals surface area contributed by atoms with E-state index in [0.29, 0.717) is 17.1 Å². The van der Waals surface area contributed by atoms with Crippen molar-refractivity contribution in [3.8, 4) is 0 Å². The molecule has 5 rings (SSSR count). The first-order valence-corrected chi connectivity index (χ1v) is 13.5. The van der Waals surface area contributed by atoms with Crippen LogP contribution < -0.4 is 0 Å². The van der Waals surface area contributed by atoms with Crippen LogP contribution in [0.4, 0.5) is 0 Å². The topological polar surface area (TPSA) is 17.1 Å². The van der Waals surface area contributed by atoms with Crippen LogP contribution in [0.5, 0.6) is 0 Å². The van der Waals surface area contributed by atoms with Crippen molar-refractivity contribution in [1.82, 2.24) is 0 Å². The zero-order valence-electron chi connectivity index (χ0n) is 21.7. The molecule has 0 spiro atoms. The smallest absolute Gasteiger partial charge is 0.140 e. The fraction of sp³-hybridized carbons (Fsp3) is 0.900. The third-order valence-corrected chi connectivity index (χ3v) is 12.8. The van der Waals surface area contributed by atoms with Crippen LogP contribution in [-0.2, 0) is 4.79 Å². The molecule has 5 aliphatic rings. The van der Waals surface area contributed by atoms with Gasteiger partial charge in [0.2, 0.25) is 0 Å². The second kappa shape index (κ2) is 6.50. The SMILES string of the molecule is CC(C)C1CCC2C1(C)CCC1(C)C3C(=O)CC4C(C)(C)CCCC4(C)C3=CCC21C. The monoisotopic (exact) mass is 424 g/mol. The van der Waals surface area contributed by atoms with E-state index in [1.807, 2.05) is 0 Å². The molecule has 0 amide bonds. The Hall–Kier alpha value is -0.590. The van der Waals surface area contributed by atoms with Crippen molar-refractivity contribution < 1.29 is 4.79 Å². The summed E-state index contributed by atoms with van der Waals surface area (Å²) in [5.41, 5.74) is 2.98. The van der Waals surface area contributed by atoms with E-state index in [0.717, 1.165) is 24.2 Å². The maximum absolute atomic E-state index is 14.0. The summed E-state index contributed by atoms with van der Waals surface area (Å²) in [6.45, 7) is 20.1. The quantitative estimate of drug-likeness (QED) is 0.387. The molecule has 0 saturated heterocycles. The van der Waals surface area contributed by atoms with E-state index in [4.69, 9.17) is 0 Å². The molecule has 0 bridgehead atoms. The van der Waals surface area contributed by atoms with Gasteiger partial charge in [-0.25, -0.2) is 0 Å². The van der Waals surface area contributed by atoms with Gasteiger partial charge < -0.3 is 0 Å². The van der Waals surface area contributed by atoms with Crippen LogP contribution in [0.2, 0.25) is 0 Å². The standard InChI is InChI=1S/C30H48O/c1-19(2)20-10-11-23-28(20,6)16-17-30(8)25-21(12-15-29(23,30)7)27(5)14-9-13-26(3,4)24(27)18-22(25)31/h12,19-20,23-25H,9-11,13-18H2,1-8H3. The van der Waals surface area contributed by atoms with E-state index in [-0.39, 0.29) is 27.6 Å². The normalized spacial score (nSPS) is 53.3. The lowest BCUT2D eigenvalue weighted by Gasteiger charge is -2.68. The van der Waals surface area contributed by atoms with E-state index < -0.39 is 0 Å². The first-order chi connectivity index (χ1) is 14.3. The Kier molecular flexibility index (Phi) is 4.66. The summed E-state index contributed by atoms with van der Waals surface area (Å²) >= 11 is 0.